The fraction of sp³-hybridized carbons (Fsp3) is 0.385. The number of likely N-dealkylation sites (tertiary alicyclic amines) is 1. The summed E-state index contributed by atoms with van der Waals surface area (Å²) in [6.45, 7) is 3.02. The highest BCUT2D eigenvalue weighted by atomic mass is 19.1. The Labute approximate surface area is 206 Å². The van der Waals surface area contributed by atoms with Gasteiger partial charge in [-0.3, -0.25) is 9.69 Å². The zero-order chi connectivity index (χ0) is 24.5. The lowest BCUT2D eigenvalue weighted by molar-refractivity contribution is 0.172. The Morgan fingerprint density at radius 1 is 0.972 bits per heavy atom. The first-order valence-electron chi connectivity index (χ1n) is 12.4. The van der Waals surface area contributed by atoms with Crippen LogP contribution in [-0.2, 0) is 6.54 Å². The summed E-state index contributed by atoms with van der Waals surface area (Å²) in [7, 11) is 0. The SMILES string of the molecule is O=c1[nH]c2cc3c(cc2cc1[C@@H](c1nnnn1Cc1ccc(F)cc1)N1CCCCCC1)OCCO3. The van der Waals surface area contributed by atoms with Gasteiger partial charge in [0.2, 0.25) is 0 Å². The molecule has 2 aromatic carbocycles. The summed E-state index contributed by atoms with van der Waals surface area (Å²) >= 11 is 0. The van der Waals surface area contributed by atoms with Crippen molar-refractivity contribution in [2.75, 3.05) is 26.3 Å². The van der Waals surface area contributed by atoms with E-state index in [2.05, 4.69) is 25.4 Å². The fourth-order valence-corrected chi connectivity index (χ4v) is 5.10. The van der Waals surface area contributed by atoms with Gasteiger partial charge >= 0.3 is 0 Å². The smallest absolute Gasteiger partial charge is 0.253 e. The lowest BCUT2D eigenvalue weighted by Gasteiger charge is -2.29. The van der Waals surface area contributed by atoms with Gasteiger partial charge in [-0.15, -0.1) is 5.10 Å². The van der Waals surface area contributed by atoms with Crippen molar-refractivity contribution in [2.45, 2.75) is 38.3 Å². The third-order valence-corrected chi connectivity index (χ3v) is 6.89. The van der Waals surface area contributed by atoms with Crippen LogP contribution in [0.4, 0.5) is 4.39 Å². The van der Waals surface area contributed by atoms with Gasteiger partial charge in [0.15, 0.2) is 17.3 Å². The lowest BCUT2D eigenvalue weighted by atomic mass is 10.0. The third-order valence-electron chi connectivity index (χ3n) is 6.89. The number of hydrogen-bond acceptors (Lipinski definition) is 7. The molecule has 1 saturated heterocycles. The van der Waals surface area contributed by atoms with E-state index in [9.17, 15) is 9.18 Å². The third kappa shape index (κ3) is 4.44. The van der Waals surface area contributed by atoms with Crippen molar-refractivity contribution in [1.82, 2.24) is 30.1 Å². The molecule has 0 amide bonds. The van der Waals surface area contributed by atoms with Crippen molar-refractivity contribution in [2.24, 2.45) is 0 Å². The maximum Gasteiger partial charge on any atom is 0.253 e. The van der Waals surface area contributed by atoms with Crippen LogP contribution in [0.15, 0.2) is 47.3 Å². The Morgan fingerprint density at radius 2 is 1.69 bits per heavy atom. The van der Waals surface area contributed by atoms with E-state index in [4.69, 9.17) is 9.47 Å². The molecule has 1 fully saturated rings. The molecule has 4 heterocycles. The van der Waals surface area contributed by atoms with Gasteiger partial charge in [-0.1, -0.05) is 25.0 Å². The summed E-state index contributed by atoms with van der Waals surface area (Å²) in [5, 5.41) is 13.4. The average Bonchev–Trinajstić information content (AvgIpc) is 3.16. The highest BCUT2D eigenvalue weighted by Gasteiger charge is 2.31. The van der Waals surface area contributed by atoms with Crippen LogP contribution in [0.1, 0.15) is 48.7 Å². The molecule has 1 N–H and O–H groups in total. The quantitative estimate of drug-likeness (QED) is 0.458. The second-order valence-electron chi connectivity index (χ2n) is 9.31. The Balaban J connectivity index is 1.45. The second kappa shape index (κ2) is 9.69. The number of ether oxygens (including phenoxy) is 2. The predicted octanol–water partition coefficient (Wildman–Crippen LogP) is 3.44. The molecule has 10 heteroatoms. The lowest BCUT2D eigenvalue weighted by Crippen LogP contribution is -2.36. The van der Waals surface area contributed by atoms with Crippen LogP contribution < -0.4 is 15.0 Å². The highest BCUT2D eigenvalue weighted by Crippen LogP contribution is 2.35. The van der Waals surface area contributed by atoms with Crippen LogP contribution in [0.3, 0.4) is 0 Å². The van der Waals surface area contributed by atoms with Gasteiger partial charge in [0.25, 0.3) is 5.56 Å². The van der Waals surface area contributed by atoms with Crippen LogP contribution in [0, 0.1) is 5.82 Å². The van der Waals surface area contributed by atoms with E-state index in [0.29, 0.717) is 48.2 Å². The number of aromatic nitrogens is 5. The minimum absolute atomic E-state index is 0.190. The van der Waals surface area contributed by atoms with E-state index in [1.807, 2.05) is 18.2 Å². The molecule has 2 aliphatic heterocycles. The molecule has 0 bridgehead atoms. The predicted molar refractivity (Wildman–Crippen MR) is 131 cm³/mol. The van der Waals surface area contributed by atoms with Gasteiger partial charge in [0.1, 0.15) is 25.1 Å². The molecule has 2 aromatic heterocycles. The number of rotatable bonds is 5. The molecular formula is C26H27FN6O3. The van der Waals surface area contributed by atoms with E-state index >= 15 is 0 Å². The zero-order valence-electron chi connectivity index (χ0n) is 19.8. The number of halogens is 1. The minimum atomic E-state index is -0.431. The molecule has 9 nitrogen and oxygen atoms in total. The first kappa shape index (κ1) is 22.7. The fourth-order valence-electron chi connectivity index (χ4n) is 5.10. The van der Waals surface area contributed by atoms with Crippen LogP contribution in [-0.4, -0.2) is 56.4 Å². The Kier molecular flexibility index (Phi) is 6.10. The molecule has 0 unspecified atom stereocenters. The monoisotopic (exact) mass is 490 g/mol. The minimum Gasteiger partial charge on any atom is -0.486 e. The summed E-state index contributed by atoms with van der Waals surface area (Å²) < 4.78 is 26.6. The maximum atomic E-state index is 13.5. The van der Waals surface area contributed by atoms with Crippen molar-refractivity contribution in [1.29, 1.82) is 0 Å². The summed E-state index contributed by atoms with van der Waals surface area (Å²) in [5.41, 5.74) is 1.95. The van der Waals surface area contributed by atoms with Crippen LogP contribution in [0.25, 0.3) is 10.9 Å². The van der Waals surface area contributed by atoms with Crippen molar-refractivity contribution in [3.63, 3.8) is 0 Å². The highest BCUT2D eigenvalue weighted by molar-refractivity contribution is 5.83. The van der Waals surface area contributed by atoms with Crippen molar-refractivity contribution >= 4 is 10.9 Å². The number of fused-ring (bicyclic) bond motifs is 2. The van der Waals surface area contributed by atoms with Gasteiger partial charge < -0.3 is 14.5 Å². The first-order valence-corrected chi connectivity index (χ1v) is 12.4. The second-order valence-corrected chi connectivity index (χ2v) is 9.31. The standard InChI is InChI=1S/C26H27FN6O3/c27-19-7-5-17(6-8-19)16-33-25(29-30-31-33)24(32-9-3-1-2-4-10-32)20-13-18-14-22-23(36-12-11-35-22)15-21(18)28-26(20)34/h5-8,13-15,24H,1-4,9-12,16H2,(H,28,34)/t24-/m0/s1. The van der Waals surface area contributed by atoms with Gasteiger partial charge in [-0.25, -0.2) is 9.07 Å². The number of nitrogens with one attached hydrogen (secondary N) is 1. The molecule has 186 valence electrons. The van der Waals surface area contributed by atoms with E-state index in [0.717, 1.165) is 49.7 Å². The van der Waals surface area contributed by atoms with Crippen LogP contribution >= 0.6 is 0 Å². The number of aromatic amines is 1. The van der Waals surface area contributed by atoms with Crippen molar-refractivity contribution < 1.29 is 13.9 Å². The zero-order valence-corrected chi connectivity index (χ0v) is 19.8. The number of nitrogens with zero attached hydrogens (tertiary/aromatic N) is 5. The van der Waals surface area contributed by atoms with E-state index in [1.54, 1.807) is 16.8 Å². The molecule has 0 radical (unpaired) electrons. The van der Waals surface area contributed by atoms with Crippen LogP contribution in [0.2, 0.25) is 0 Å². The summed E-state index contributed by atoms with van der Waals surface area (Å²) in [6.07, 6.45) is 4.39. The molecule has 1 atom stereocenters. The van der Waals surface area contributed by atoms with E-state index in [1.165, 1.54) is 12.1 Å². The van der Waals surface area contributed by atoms with Gasteiger partial charge in [-0.2, -0.15) is 0 Å². The van der Waals surface area contributed by atoms with E-state index < -0.39 is 6.04 Å². The van der Waals surface area contributed by atoms with Gasteiger partial charge in [0.05, 0.1) is 12.1 Å². The largest absolute Gasteiger partial charge is 0.486 e. The molecule has 4 aromatic rings. The Morgan fingerprint density at radius 3 is 2.44 bits per heavy atom. The van der Waals surface area contributed by atoms with Crippen LogP contribution in [0.5, 0.6) is 11.5 Å². The normalized spacial score (nSPS) is 17.1. The number of benzene rings is 2. The first-order chi connectivity index (χ1) is 17.7. The Hall–Kier alpha value is -3.79. The molecule has 6 rings (SSSR count). The van der Waals surface area contributed by atoms with Gasteiger partial charge in [-0.05, 0) is 66.2 Å². The molecule has 0 saturated carbocycles. The average molecular weight is 491 g/mol. The molecule has 2 aliphatic rings. The topological polar surface area (TPSA) is 98.2 Å². The van der Waals surface area contributed by atoms with Crippen molar-refractivity contribution in [3.8, 4) is 11.5 Å². The molecule has 0 aliphatic carbocycles. The number of H-pyrrole nitrogens is 1. The summed E-state index contributed by atoms with van der Waals surface area (Å²) in [5.74, 6) is 1.59. The van der Waals surface area contributed by atoms with Crippen molar-refractivity contribution in [3.05, 3.63) is 75.6 Å². The number of pyridine rings is 1. The number of tetrazole rings is 1. The van der Waals surface area contributed by atoms with Gasteiger partial charge in [0, 0.05) is 17.0 Å². The molecule has 0 spiro atoms. The Bertz CT molecular complexity index is 1430. The van der Waals surface area contributed by atoms with E-state index in [-0.39, 0.29) is 11.4 Å². The summed E-state index contributed by atoms with van der Waals surface area (Å²) in [6, 6.07) is 11.5. The molecule has 36 heavy (non-hydrogen) atoms. The molecular weight excluding hydrogens is 463 g/mol. The maximum absolute atomic E-state index is 13.5. The summed E-state index contributed by atoms with van der Waals surface area (Å²) in [4.78, 5) is 18.8. The number of hydrogen-bond donors (Lipinski definition) is 1.